The minimum absolute atomic E-state index is 0.178. The average molecular weight is 424 g/mol. The fourth-order valence-corrected chi connectivity index (χ4v) is 4.47. The molecule has 4 heteroatoms. The van der Waals surface area contributed by atoms with Crippen LogP contribution in [-0.2, 0) is 0 Å². The Balaban J connectivity index is 0.000000330. The monoisotopic (exact) mass is 423 g/mol. The Morgan fingerprint density at radius 2 is 1.71 bits per heavy atom. The van der Waals surface area contributed by atoms with E-state index in [9.17, 15) is 4.39 Å². The molecule has 1 saturated heterocycles. The van der Waals surface area contributed by atoms with Crippen LogP contribution in [0.4, 0.5) is 10.1 Å². The summed E-state index contributed by atoms with van der Waals surface area (Å²) >= 11 is 0. The molecular formula is C27H38FN3. The predicted molar refractivity (Wildman–Crippen MR) is 131 cm³/mol. The van der Waals surface area contributed by atoms with Crippen LogP contribution in [0.2, 0.25) is 0 Å². The molecule has 1 aromatic heterocycles. The Morgan fingerprint density at radius 1 is 0.968 bits per heavy atom. The number of aromatic nitrogens is 1. The molecule has 0 amide bonds. The van der Waals surface area contributed by atoms with E-state index in [0.717, 1.165) is 6.54 Å². The number of halogens is 1. The number of piperidine rings is 1. The Hall–Kier alpha value is -2.33. The second-order valence-corrected chi connectivity index (χ2v) is 8.52. The maximum atomic E-state index is 11.9. The van der Waals surface area contributed by atoms with E-state index in [1.807, 2.05) is 0 Å². The van der Waals surface area contributed by atoms with Gasteiger partial charge >= 0.3 is 0 Å². The first-order valence-corrected chi connectivity index (χ1v) is 11.9. The van der Waals surface area contributed by atoms with Crippen molar-refractivity contribution in [1.29, 1.82) is 0 Å². The molecule has 1 aliphatic heterocycles. The van der Waals surface area contributed by atoms with Gasteiger partial charge in [-0.05, 0) is 63.1 Å². The van der Waals surface area contributed by atoms with E-state index in [1.54, 1.807) is 18.2 Å². The van der Waals surface area contributed by atoms with Gasteiger partial charge in [-0.15, -0.1) is 0 Å². The first-order chi connectivity index (χ1) is 15.1. The van der Waals surface area contributed by atoms with Gasteiger partial charge < -0.3 is 14.8 Å². The maximum absolute atomic E-state index is 11.9. The lowest BCUT2D eigenvalue weighted by molar-refractivity contribution is 0.196. The predicted octanol–water partition coefficient (Wildman–Crippen LogP) is 7.03. The van der Waals surface area contributed by atoms with Crippen molar-refractivity contribution in [2.45, 2.75) is 58.9 Å². The lowest BCUT2D eigenvalue weighted by Crippen LogP contribution is -2.34. The summed E-state index contributed by atoms with van der Waals surface area (Å²) in [6.07, 6.45) is 6.38. The Bertz CT molecular complexity index is 911. The molecule has 0 saturated carbocycles. The average Bonchev–Trinajstić information content (AvgIpc) is 3.13. The third-order valence-corrected chi connectivity index (χ3v) is 6.25. The topological polar surface area (TPSA) is 20.2 Å². The van der Waals surface area contributed by atoms with E-state index in [-0.39, 0.29) is 5.82 Å². The van der Waals surface area contributed by atoms with Crippen molar-refractivity contribution in [3.05, 3.63) is 66.1 Å². The summed E-state index contributed by atoms with van der Waals surface area (Å²) < 4.78 is 14.5. The first-order valence-electron chi connectivity index (χ1n) is 11.9. The SMILES string of the molecule is CCCCCNc1ccc2cc(C)n(C3CCN(CC)CC3)c2c1.Fc1ccccc1. The van der Waals surface area contributed by atoms with Crippen molar-refractivity contribution in [1.82, 2.24) is 9.47 Å². The van der Waals surface area contributed by atoms with Gasteiger partial charge in [0.1, 0.15) is 5.82 Å². The van der Waals surface area contributed by atoms with E-state index >= 15 is 0 Å². The number of hydrogen-bond acceptors (Lipinski definition) is 2. The maximum Gasteiger partial charge on any atom is 0.123 e. The molecule has 3 aromatic rings. The standard InChI is InChI=1S/C21H33N3.C6H5F/c1-4-6-7-12-22-19-9-8-18-15-17(3)24(21(18)16-19)20-10-13-23(5-2)14-11-20;7-6-4-2-1-3-5-6/h8-9,15-16,20,22H,4-7,10-14H2,1-3H3;1-5H. The number of likely N-dealkylation sites (tertiary alicyclic amines) is 1. The van der Waals surface area contributed by atoms with E-state index in [2.05, 4.69) is 59.8 Å². The summed E-state index contributed by atoms with van der Waals surface area (Å²) in [5.41, 5.74) is 4.08. The van der Waals surface area contributed by atoms with Crippen molar-refractivity contribution in [2.24, 2.45) is 0 Å². The zero-order valence-corrected chi connectivity index (χ0v) is 19.4. The van der Waals surface area contributed by atoms with Crippen LogP contribution in [0.25, 0.3) is 10.9 Å². The molecule has 1 fully saturated rings. The highest BCUT2D eigenvalue weighted by molar-refractivity contribution is 5.84. The van der Waals surface area contributed by atoms with Gasteiger partial charge in [-0.1, -0.05) is 51.0 Å². The summed E-state index contributed by atoms with van der Waals surface area (Å²) in [5, 5.41) is 4.98. The van der Waals surface area contributed by atoms with Crippen LogP contribution in [0, 0.1) is 12.7 Å². The van der Waals surface area contributed by atoms with Gasteiger partial charge in [-0.3, -0.25) is 0 Å². The van der Waals surface area contributed by atoms with Gasteiger partial charge in [0.2, 0.25) is 0 Å². The molecule has 0 bridgehead atoms. The fraction of sp³-hybridized carbons (Fsp3) is 0.481. The Labute approximate surface area is 187 Å². The highest BCUT2D eigenvalue weighted by Crippen LogP contribution is 2.31. The Morgan fingerprint density at radius 3 is 2.32 bits per heavy atom. The molecule has 2 aromatic carbocycles. The van der Waals surface area contributed by atoms with E-state index < -0.39 is 0 Å². The number of unbranched alkanes of at least 4 members (excludes halogenated alkanes) is 2. The minimum atomic E-state index is -0.178. The van der Waals surface area contributed by atoms with Crippen LogP contribution >= 0.6 is 0 Å². The molecule has 0 radical (unpaired) electrons. The number of fused-ring (bicyclic) bond motifs is 1. The molecule has 0 spiro atoms. The first kappa shape index (κ1) is 23.3. The molecule has 0 atom stereocenters. The van der Waals surface area contributed by atoms with Crippen molar-refractivity contribution >= 4 is 16.6 Å². The quantitative estimate of drug-likeness (QED) is 0.411. The number of anilines is 1. The lowest BCUT2D eigenvalue weighted by Gasteiger charge is -2.33. The van der Waals surface area contributed by atoms with Gasteiger partial charge in [0, 0.05) is 42.4 Å². The number of nitrogens with one attached hydrogen (secondary N) is 1. The number of nitrogens with zero attached hydrogens (tertiary/aromatic N) is 2. The third kappa shape index (κ3) is 6.57. The van der Waals surface area contributed by atoms with Gasteiger partial charge in [0.05, 0.1) is 5.52 Å². The molecule has 2 heterocycles. The van der Waals surface area contributed by atoms with Crippen LogP contribution in [0.1, 0.15) is 57.7 Å². The van der Waals surface area contributed by atoms with Gasteiger partial charge in [0.25, 0.3) is 0 Å². The van der Waals surface area contributed by atoms with Crippen LogP contribution in [0.5, 0.6) is 0 Å². The largest absolute Gasteiger partial charge is 0.385 e. The zero-order valence-electron chi connectivity index (χ0n) is 19.4. The van der Waals surface area contributed by atoms with Crippen molar-refractivity contribution in [2.75, 3.05) is 31.5 Å². The molecule has 1 N–H and O–H groups in total. The normalized spacial score (nSPS) is 15.0. The van der Waals surface area contributed by atoms with E-state index in [1.165, 1.54) is 86.2 Å². The highest BCUT2D eigenvalue weighted by Gasteiger charge is 2.22. The Kier molecular flexibility index (Phi) is 8.96. The fourth-order valence-electron chi connectivity index (χ4n) is 4.47. The molecule has 31 heavy (non-hydrogen) atoms. The van der Waals surface area contributed by atoms with Crippen molar-refractivity contribution in [3.8, 4) is 0 Å². The molecule has 1 aliphatic rings. The van der Waals surface area contributed by atoms with E-state index in [0.29, 0.717) is 6.04 Å². The van der Waals surface area contributed by atoms with Gasteiger partial charge in [0.15, 0.2) is 0 Å². The summed E-state index contributed by atoms with van der Waals surface area (Å²) in [5.74, 6) is -0.178. The number of rotatable bonds is 7. The van der Waals surface area contributed by atoms with Crippen LogP contribution in [-0.4, -0.2) is 35.6 Å². The van der Waals surface area contributed by atoms with Crippen molar-refractivity contribution in [3.63, 3.8) is 0 Å². The minimum Gasteiger partial charge on any atom is -0.385 e. The molecule has 3 nitrogen and oxygen atoms in total. The highest BCUT2D eigenvalue weighted by atomic mass is 19.1. The van der Waals surface area contributed by atoms with E-state index in [4.69, 9.17) is 0 Å². The van der Waals surface area contributed by atoms with Crippen LogP contribution < -0.4 is 5.32 Å². The number of aryl methyl sites for hydroxylation is 1. The summed E-state index contributed by atoms with van der Waals surface area (Å²) in [7, 11) is 0. The number of hydrogen-bond donors (Lipinski definition) is 1. The summed E-state index contributed by atoms with van der Waals surface area (Å²) in [4.78, 5) is 2.57. The summed E-state index contributed by atoms with van der Waals surface area (Å²) in [6.45, 7) is 11.5. The van der Waals surface area contributed by atoms with Crippen LogP contribution in [0.3, 0.4) is 0 Å². The van der Waals surface area contributed by atoms with Crippen molar-refractivity contribution < 1.29 is 4.39 Å². The second kappa shape index (κ2) is 11.9. The summed E-state index contributed by atoms with van der Waals surface area (Å²) in [6, 6.07) is 17.8. The third-order valence-electron chi connectivity index (χ3n) is 6.25. The molecule has 4 rings (SSSR count). The molecule has 0 unspecified atom stereocenters. The number of benzene rings is 2. The lowest BCUT2D eigenvalue weighted by atomic mass is 10.0. The van der Waals surface area contributed by atoms with Gasteiger partial charge in [-0.25, -0.2) is 4.39 Å². The molecular weight excluding hydrogens is 385 g/mol. The zero-order chi connectivity index (χ0) is 22.1. The van der Waals surface area contributed by atoms with Gasteiger partial charge in [-0.2, -0.15) is 0 Å². The molecule has 0 aliphatic carbocycles. The molecule has 168 valence electrons. The second-order valence-electron chi connectivity index (χ2n) is 8.52. The smallest absolute Gasteiger partial charge is 0.123 e. The van der Waals surface area contributed by atoms with Crippen LogP contribution in [0.15, 0.2) is 54.6 Å².